The number of nitrogens with one attached hydrogen (secondary N) is 2. The van der Waals surface area contributed by atoms with Crippen LogP contribution in [0.2, 0.25) is 0 Å². The Labute approximate surface area is 157 Å². The lowest BCUT2D eigenvalue weighted by Gasteiger charge is -2.06. The lowest BCUT2D eigenvalue weighted by atomic mass is 10.1. The summed E-state index contributed by atoms with van der Waals surface area (Å²) in [6, 6.07) is 17.1. The van der Waals surface area contributed by atoms with Crippen LogP contribution in [0.3, 0.4) is 0 Å². The van der Waals surface area contributed by atoms with E-state index < -0.39 is 10.0 Å². The van der Waals surface area contributed by atoms with Gasteiger partial charge in [-0.15, -0.1) is 0 Å². The summed E-state index contributed by atoms with van der Waals surface area (Å²) in [6.45, 7) is 3.57. The molecule has 7 nitrogen and oxygen atoms in total. The van der Waals surface area contributed by atoms with Crippen LogP contribution in [0.1, 0.15) is 24.6 Å². The number of H-pyrrole nitrogens is 1. The van der Waals surface area contributed by atoms with Gasteiger partial charge in [-0.05, 0) is 37.6 Å². The molecule has 3 aromatic rings. The van der Waals surface area contributed by atoms with Gasteiger partial charge in [-0.2, -0.15) is 18.4 Å². The molecule has 140 valence electrons. The van der Waals surface area contributed by atoms with E-state index in [1.54, 1.807) is 25.1 Å². The third kappa shape index (κ3) is 3.85. The summed E-state index contributed by atoms with van der Waals surface area (Å²) < 4.78 is 26.2. The van der Waals surface area contributed by atoms with Crippen molar-refractivity contribution < 1.29 is 8.42 Å². The molecule has 27 heavy (non-hydrogen) atoms. The average Bonchev–Trinajstić information content (AvgIpc) is 2.98. The normalized spacial score (nSPS) is 12.1. The zero-order chi connectivity index (χ0) is 19.4. The maximum Gasteiger partial charge on any atom is 0.280 e. The van der Waals surface area contributed by atoms with E-state index >= 15 is 0 Å². The van der Waals surface area contributed by atoms with Crippen LogP contribution in [0.25, 0.3) is 5.69 Å². The topological polar surface area (TPSA) is 96.3 Å². The summed E-state index contributed by atoms with van der Waals surface area (Å²) in [7, 11) is -3.80. The van der Waals surface area contributed by atoms with E-state index in [-0.39, 0.29) is 10.5 Å². The molecule has 0 fully saturated rings. The van der Waals surface area contributed by atoms with Gasteiger partial charge in [0.05, 0.1) is 21.9 Å². The van der Waals surface area contributed by atoms with Crippen molar-refractivity contribution in [3.63, 3.8) is 0 Å². The van der Waals surface area contributed by atoms with Crippen LogP contribution < -0.4 is 10.4 Å². The molecule has 0 saturated heterocycles. The minimum absolute atomic E-state index is 0.108. The van der Waals surface area contributed by atoms with Gasteiger partial charge in [0.25, 0.3) is 15.6 Å². The van der Waals surface area contributed by atoms with Crippen molar-refractivity contribution in [1.29, 1.82) is 0 Å². The SMILES string of the molecule is CC/C(=N\NS(=O)(=O)c1ccccc1)c1c(C)[nH]n(-c2ccccc2)c1=O. The predicted molar refractivity (Wildman–Crippen MR) is 105 cm³/mol. The lowest BCUT2D eigenvalue weighted by Crippen LogP contribution is -2.24. The van der Waals surface area contributed by atoms with E-state index in [1.165, 1.54) is 16.8 Å². The zero-order valence-electron chi connectivity index (χ0n) is 15.0. The largest absolute Gasteiger partial charge is 0.295 e. The van der Waals surface area contributed by atoms with Crippen molar-refractivity contribution in [1.82, 2.24) is 14.6 Å². The fourth-order valence-electron chi connectivity index (χ4n) is 2.72. The van der Waals surface area contributed by atoms with Gasteiger partial charge in [0.15, 0.2) is 0 Å². The monoisotopic (exact) mass is 384 g/mol. The molecule has 0 saturated carbocycles. The van der Waals surface area contributed by atoms with Crippen LogP contribution in [0, 0.1) is 6.92 Å². The summed E-state index contributed by atoms with van der Waals surface area (Å²) in [4.78, 5) is 15.2. The second kappa shape index (κ2) is 7.63. The number of hydrazone groups is 1. The van der Waals surface area contributed by atoms with E-state index in [9.17, 15) is 13.2 Å². The number of benzene rings is 2. The Morgan fingerprint density at radius 3 is 2.26 bits per heavy atom. The quantitative estimate of drug-likeness (QED) is 0.505. The molecule has 0 unspecified atom stereocenters. The molecule has 0 atom stereocenters. The van der Waals surface area contributed by atoms with Crippen LogP contribution in [0.15, 0.2) is 75.5 Å². The van der Waals surface area contributed by atoms with E-state index in [1.807, 2.05) is 37.3 Å². The standard InChI is InChI=1S/C19H20N4O3S/c1-3-17(20-22-27(25,26)16-12-8-5-9-13-16)18-14(2)21-23(19(18)24)15-10-6-4-7-11-15/h4-13,21-22H,3H2,1-2H3/b20-17+. The smallest absolute Gasteiger partial charge is 0.280 e. The van der Waals surface area contributed by atoms with Crippen LogP contribution in [-0.4, -0.2) is 23.9 Å². The molecule has 0 aliphatic heterocycles. The number of para-hydroxylation sites is 1. The van der Waals surface area contributed by atoms with Crippen LogP contribution in [0.5, 0.6) is 0 Å². The molecule has 2 aromatic carbocycles. The highest BCUT2D eigenvalue weighted by atomic mass is 32.2. The Balaban J connectivity index is 1.98. The zero-order valence-corrected chi connectivity index (χ0v) is 15.8. The number of aromatic nitrogens is 2. The van der Waals surface area contributed by atoms with Crippen molar-refractivity contribution in [2.45, 2.75) is 25.2 Å². The first-order valence-electron chi connectivity index (χ1n) is 8.45. The Morgan fingerprint density at radius 2 is 1.67 bits per heavy atom. The second-order valence-electron chi connectivity index (χ2n) is 5.91. The molecular weight excluding hydrogens is 364 g/mol. The molecule has 2 N–H and O–H groups in total. The number of nitrogens with zero attached hydrogens (tertiary/aromatic N) is 2. The Kier molecular flexibility index (Phi) is 5.27. The second-order valence-corrected chi connectivity index (χ2v) is 7.57. The van der Waals surface area contributed by atoms with Crippen LogP contribution >= 0.6 is 0 Å². The summed E-state index contributed by atoms with van der Waals surface area (Å²) in [6.07, 6.45) is 0.389. The van der Waals surface area contributed by atoms with Gasteiger partial charge in [0, 0.05) is 5.69 Å². The summed E-state index contributed by atoms with van der Waals surface area (Å²) in [5.41, 5.74) is 1.75. The highest BCUT2D eigenvalue weighted by Crippen LogP contribution is 2.11. The summed E-state index contributed by atoms with van der Waals surface area (Å²) >= 11 is 0. The number of hydrogen-bond acceptors (Lipinski definition) is 4. The first kappa shape index (κ1) is 18.7. The fourth-order valence-corrected chi connectivity index (χ4v) is 3.58. The van der Waals surface area contributed by atoms with Gasteiger partial charge < -0.3 is 0 Å². The first-order valence-corrected chi connectivity index (χ1v) is 9.93. The van der Waals surface area contributed by atoms with Crippen molar-refractivity contribution in [3.05, 3.63) is 82.3 Å². The molecule has 0 spiro atoms. The molecule has 8 heteroatoms. The summed E-state index contributed by atoms with van der Waals surface area (Å²) in [5, 5.41) is 7.05. The molecular formula is C19H20N4O3S. The Bertz CT molecular complexity index is 1110. The molecule has 0 aliphatic rings. The minimum Gasteiger partial charge on any atom is -0.295 e. The van der Waals surface area contributed by atoms with Gasteiger partial charge in [0.1, 0.15) is 0 Å². The van der Waals surface area contributed by atoms with Crippen molar-refractivity contribution in [2.24, 2.45) is 5.10 Å². The third-order valence-corrected chi connectivity index (χ3v) is 5.29. The molecule has 0 aliphatic carbocycles. The maximum atomic E-state index is 12.9. The molecule has 0 bridgehead atoms. The lowest BCUT2D eigenvalue weighted by molar-refractivity contribution is 0.584. The Hall–Kier alpha value is -3.13. The third-order valence-electron chi connectivity index (χ3n) is 4.06. The molecule has 0 amide bonds. The highest BCUT2D eigenvalue weighted by molar-refractivity contribution is 7.89. The maximum absolute atomic E-state index is 12.9. The van der Waals surface area contributed by atoms with Crippen molar-refractivity contribution >= 4 is 15.7 Å². The molecule has 1 aromatic heterocycles. The van der Waals surface area contributed by atoms with E-state index in [2.05, 4.69) is 15.0 Å². The van der Waals surface area contributed by atoms with Gasteiger partial charge >= 0.3 is 0 Å². The van der Waals surface area contributed by atoms with Gasteiger partial charge in [-0.3, -0.25) is 9.89 Å². The fraction of sp³-hybridized carbons (Fsp3) is 0.158. The number of rotatable bonds is 6. The number of sulfonamides is 1. The van der Waals surface area contributed by atoms with E-state index in [0.29, 0.717) is 29.1 Å². The van der Waals surface area contributed by atoms with Gasteiger partial charge in [-0.1, -0.05) is 43.3 Å². The molecule has 0 radical (unpaired) electrons. The molecule has 3 rings (SSSR count). The minimum atomic E-state index is -3.80. The van der Waals surface area contributed by atoms with Crippen LogP contribution in [-0.2, 0) is 10.0 Å². The first-order chi connectivity index (χ1) is 12.9. The highest BCUT2D eigenvalue weighted by Gasteiger charge is 2.18. The Morgan fingerprint density at radius 1 is 1.07 bits per heavy atom. The van der Waals surface area contributed by atoms with E-state index in [4.69, 9.17) is 0 Å². The van der Waals surface area contributed by atoms with Crippen molar-refractivity contribution in [3.8, 4) is 5.69 Å². The molecule has 1 heterocycles. The van der Waals surface area contributed by atoms with Gasteiger partial charge in [-0.25, -0.2) is 4.68 Å². The number of hydrogen-bond donors (Lipinski definition) is 2. The predicted octanol–water partition coefficient (Wildman–Crippen LogP) is 2.57. The number of aryl methyl sites for hydroxylation is 1. The van der Waals surface area contributed by atoms with Gasteiger partial charge in [0.2, 0.25) is 0 Å². The average molecular weight is 384 g/mol. The van der Waals surface area contributed by atoms with Crippen LogP contribution in [0.4, 0.5) is 0 Å². The van der Waals surface area contributed by atoms with Crippen molar-refractivity contribution in [2.75, 3.05) is 0 Å². The van der Waals surface area contributed by atoms with E-state index in [0.717, 1.165) is 0 Å². The number of aromatic amines is 1. The summed E-state index contributed by atoms with van der Waals surface area (Å²) in [5.74, 6) is 0.